The van der Waals surface area contributed by atoms with Gasteiger partial charge in [-0.15, -0.1) is 11.6 Å². The Hall–Kier alpha value is -0.570. The van der Waals surface area contributed by atoms with Gasteiger partial charge in [-0.1, -0.05) is 0 Å². The van der Waals surface area contributed by atoms with Crippen LogP contribution in [0.2, 0.25) is 0 Å². The lowest BCUT2D eigenvalue weighted by Gasteiger charge is -2.27. The maximum atomic E-state index is 6.15. The van der Waals surface area contributed by atoms with Gasteiger partial charge >= 0.3 is 0 Å². The average Bonchev–Trinajstić information content (AvgIpc) is 2.65. The quantitative estimate of drug-likeness (QED) is 0.737. The summed E-state index contributed by atoms with van der Waals surface area (Å²) in [7, 11) is 1.86. The largest absolute Gasteiger partial charge is 0.188 e. The smallest absolute Gasteiger partial charge is 0.0833 e. The van der Waals surface area contributed by atoms with Crippen LogP contribution in [0.5, 0.6) is 0 Å². The van der Waals surface area contributed by atoms with Gasteiger partial charge in [-0.3, -0.25) is 0 Å². The Balaban J connectivity index is 1.75. The molecule has 3 rings (SSSR count). The molecule has 0 N–H and O–H groups in total. The lowest BCUT2D eigenvalue weighted by Crippen LogP contribution is -2.24. The van der Waals surface area contributed by atoms with Crippen molar-refractivity contribution in [3.63, 3.8) is 0 Å². The Labute approximate surface area is 94.8 Å². The highest BCUT2D eigenvalue weighted by molar-refractivity contribution is 6.18. The van der Waals surface area contributed by atoms with Crippen LogP contribution in [0.15, 0.2) is 6.20 Å². The molecule has 0 bridgehead atoms. The van der Waals surface area contributed by atoms with Crippen molar-refractivity contribution in [2.75, 3.05) is 5.88 Å². The third-order valence-corrected chi connectivity index (χ3v) is 4.51. The molecule has 82 valence electrons. The minimum absolute atomic E-state index is 0.325. The molecule has 1 aromatic rings. The summed E-state index contributed by atoms with van der Waals surface area (Å²) in [6.07, 6.45) is 6.93. The third kappa shape index (κ3) is 1.67. The molecule has 2 saturated carbocycles. The minimum Gasteiger partial charge on any atom is -0.188 e. The molecule has 2 aliphatic rings. The molecule has 3 nitrogen and oxygen atoms in total. The van der Waals surface area contributed by atoms with Crippen molar-refractivity contribution in [2.24, 2.45) is 24.3 Å². The molecule has 15 heavy (non-hydrogen) atoms. The monoisotopic (exact) mass is 225 g/mol. The molecular weight excluding hydrogens is 210 g/mol. The van der Waals surface area contributed by atoms with Gasteiger partial charge in [0.1, 0.15) is 0 Å². The van der Waals surface area contributed by atoms with Gasteiger partial charge in [0.15, 0.2) is 0 Å². The first-order chi connectivity index (χ1) is 7.21. The number of alkyl halides is 1. The predicted octanol–water partition coefficient (Wildman–Crippen LogP) is 2.01. The average molecular weight is 226 g/mol. The summed E-state index contributed by atoms with van der Waals surface area (Å²) in [6, 6.07) is 0. The molecule has 0 aliphatic heterocycles. The molecule has 0 amide bonds. The van der Waals surface area contributed by atoms with E-state index in [1.807, 2.05) is 13.2 Å². The number of fused-ring (bicyclic) bond motifs is 1. The molecule has 2 aliphatic carbocycles. The van der Waals surface area contributed by atoms with Gasteiger partial charge in [0.05, 0.1) is 11.9 Å². The lowest BCUT2D eigenvalue weighted by molar-refractivity contribution is 0.299. The van der Waals surface area contributed by atoms with Crippen molar-refractivity contribution in [3.8, 4) is 0 Å². The van der Waals surface area contributed by atoms with Crippen LogP contribution in [0, 0.1) is 17.3 Å². The first-order valence-electron chi connectivity index (χ1n) is 5.62. The number of hydrogen-bond acceptors (Lipinski definition) is 2. The van der Waals surface area contributed by atoms with Gasteiger partial charge in [0, 0.05) is 12.9 Å². The molecule has 4 heteroatoms. The maximum absolute atomic E-state index is 6.15. The maximum Gasteiger partial charge on any atom is 0.0833 e. The van der Waals surface area contributed by atoms with Crippen molar-refractivity contribution in [1.29, 1.82) is 0 Å². The second-order valence-corrected chi connectivity index (χ2v) is 5.57. The molecule has 0 saturated heterocycles. The van der Waals surface area contributed by atoms with Crippen LogP contribution in [0.25, 0.3) is 0 Å². The van der Waals surface area contributed by atoms with E-state index in [1.54, 1.807) is 4.80 Å². The van der Waals surface area contributed by atoms with Crippen molar-refractivity contribution in [3.05, 3.63) is 11.9 Å². The van der Waals surface area contributed by atoms with Crippen LogP contribution in [0.4, 0.5) is 0 Å². The van der Waals surface area contributed by atoms with Crippen LogP contribution < -0.4 is 0 Å². The molecule has 1 aromatic heterocycles. The van der Waals surface area contributed by atoms with E-state index in [0.717, 1.165) is 29.8 Å². The van der Waals surface area contributed by atoms with Crippen molar-refractivity contribution >= 4 is 11.6 Å². The van der Waals surface area contributed by atoms with Crippen LogP contribution in [-0.2, 0) is 13.5 Å². The fourth-order valence-corrected chi connectivity index (χ4v) is 3.47. The highest BCUT2D eigenvalue weighted by Crippen LogP contribution is 2.61. The number of aromatic nitrogens is 3. The third-order valence-electron chi connectivity index (χ3n) is 3.95. The number of aryl methyl sites for hydroxylation is 1. The highest BCUT2D eigenvalue weighted by atomic mass is 35.5. The number of halogens is 1. The molecule has 0 radical (unpaired) electrons. The zero-order valence-electron chi connectivity index (χ0n) is 8.99. The molecule has 2 unspecified atom stereocenters. The van der Waals surface area contributed by atoms with E-state index in [0.29, 0.717) is 5.41 Å². The van der Waals surface area contributed by atoms with Crippen molar-refractivity contribution in [1.82, 2.24) is 15.0 Å². The minimum atomic E-state index is 0.325. The molecule has 0 spiro atoms. The molecular formula is C11H16ClN3. The van der Waals surface area contributed by atoms with Gasteiger partial charge in [0.25, 0.3) is 0 Å². The van der Waals surface area contributed by atoms with E-state index in [-0.39, 0.29) is 0 Å². The van der Waals surface area contributed by atoms with Gasteiger partial charge in [-0.2, -0.15) is 15.0 Å². The SMILES string of the molecule is Cn1ncc(CC2(CCl)CC3CC3C2)n1. The van der Waals surface area contributed by atoms with E-state index in [1.165, 1.54) is 19.3 Å². The predicted molar refractivity (Wildman–Crippen MR) is 58.7 cm³/mol. The summed E-state index contributed by atoms with van der Waals surface area (Å²) in [5.41, 5.74) is 1.42. The molecule has 2 atom stereocenters. The summed E-state index contributed by atoms with van der Waals surface area (Å²) in [5, 5.41) is 8.47. The van der Waals surface area contributed by atoms with Crippen LogP contribution >= 0.6 is 11.6 Å². The van der Waals surface area contributed by atoms with Crippen LogP contribution in [0.1, 0.15) is 25.0 Å². The normalized spacial score (nSPS) is 38.0. The van der Waals surface area contributed by atoms with Crippen LogP contribution in [-0.4, -0.2) is 20.9 Å². The molecule has 1 heterocycles. The summed E-state index contributed by atoms with van der Waals surface area (Å²) >= 11 is 6.15. The highest BCUT2D eigenvalue weighted by Gasteiger charge is 2.53. The second-order valence-electron chi connectivity index (χ2n) is 5.30. The fraction of sp³-hybridized carbons (Fsp3) is 0.818. The first-order valence-corrected chi connectivity index (χ1v) is 6.15. The Kier molecular flexibility index (Phi) is 2.06. The summed E-state index contributed by atoms with van der Waals surface area (Å²) in [4.78, 5) is 1.63. The van der Waals surface area contributed by atoms with Crippen molar-refractivity contribution < 1.29 is 0 Å². The molecule has 2 fully saturated rings. The Morgan fingerprint density at radius 2 is 2.27 bits per heavy atom. The van der Waals surface area contributed by atoms with E-state index < -0.39 is 0 Å². The lowest BCUT2D eigenvalue weighted by atomic mass is 9.81. The van der Waals surface area contributed by atoms with Crippen molar-refractivity contribution in [2.45, 2.75) is 25.7 Å². The summed E-state index contributed by atoms with van der Waals surface area (Å²) < 4.78 is 0. The van der Waals surface area contributed by atoms with Crippen LogP contribution in [0.3, 0.4) is 0 Å². The number of rotatable bonds is 3. The van der Waals surface area contributed by atoms with E-state index in [2.05, 4.69) is 10.2 Å². The first kappa shape index (κ1) is 9.64. The summed E-state index contributed by atoms with van der Waals surface area (Å²) in [5.74, 6) is 2.72. The topological polar surface area (TPSA) is 30.7 Å². The molecule has 0 aromatic carbocycles. The second kappa shape index (κ2) is 3.21. The standard InChI is InChI=1S/C11H16ClN3/c1-15-13-6-10(14-15)5-11(7-12)3-8-2-9(8)4-11/h6,8-9H,2-5,7H2,1H3. The zero-order valence-corrected chi connectivity index (χ0v) is 9.74. The zero-order chi connectivity index (χ0) is 10.5. The van der Waals surface area contributed by atoms with Gasteiger partial charge in [-0.25, -0.2) is 0 Å². The summed E-state index contributed by atoms with van der Waals surface area (Å²) in [6.45, 7) is 0. The Morgan fingerprint density at radius 1 is 1.53 bits per heavy atom. The Morgan fingerprint density at radius 3 is 2.80 bits per heavy atom. The van der Waals surface area contributed by atoms with Gasteiger partial charge in [-0.05, 0) is 42.9 Å². The van der Waals surface area contributed by atoms with E-state index >= 15 is 0 Å². The van der Waals surface area contributed by atoms with Gasteiger partial charge < -0.3 is 0 Å². The van der Waals surface area contributed by atoms with E-state index in [9.17, 15) is 0 Å². The fourth-order valence-electron chi connectivity index (χ4n) is 3.16. The van der Waals surface area contributed by atoms with Gasteiger partial charge in [0.2, 0.25) is 0 Å². The van der Waals surface area contributed by atoms with E-state index in [4.69, 9.17) is 11.6 Å². The number of nitrogens with zero attached hydrogens (tertiary/aromatic N) is 3. The number of hydrogen-bond donors (Lipinski definition) is 0. The Bertz CT molecular complexity index is 364.